The third-order valence-corrected chi connectivity index (χ3v) is 6.97. The van der Waals surface area contributed by atoms with E-state index < -0.39 is 5.25 Å². The normalized spacial score (nSPS) is 19.4. The quantitative estimate of drug-likeness (QED) is 0.541. The van der Waals surface area contributed by atoms with Gasteiger partial charge in [-0.1, -0.05) is 44.0 Å². The molecule has 174 valence electrons. The summed E-state index contributed by atoms with van der Waals surface area (Å²) in [6, 6.07) is 7.01. The topological polar surface area (TPSA) is 90.9 Å². The average molecular weight is 459 g/mol. The number of aliphatic imine (C=N–C) groups is 1. The minimum Gasteiger partial charge on any atom is -0.351 e. The van der Waals surface area contributed by atoms with Gasteiger partial charge < -0.3 is 15.5 Å². The number of thioether (sulfide) groups is 1. The lowest BCUT2D eigenvalue weighted by Gasteiger charge is -2.27. The SMILES string of the molecule is CCCCCC(C)NC(=O)c1cccc(NC(=O)CC2SC(N3CCCCC3)=NC2=O)c1. The number of carbonyl (C=O) groups excluding carboxylic acids is 3. The first-order chi connectivity index (χ1) is 15.5. The van der Waals surface area contributed by atoms with Crippen LogP contribution in [-0.2, 0) is 9.59 Å². The van der Waals surface area contributed by atoms with Crippen LogP contribution in [-0.4, -0.2) is 52.2 Å². The number of hydrogen-bond acceptors (Lipinski definition) is 5. The van der Waals surface area contributed by atoms with Gasteiger partial charge in [-0.2, -0.15) is 4.99 Å². The van der Waals surface area contributed by atoms with Crippen molar-refractivity contribution in [1.82, 2.24) is 10.2 Å². The zero-order valence-electron chi connectivity index (χ0n) is 19.1. The summed E-state index contributed by atoms with van der Waals surface area (Å²) >= 11 is 1.39. The number of unbranched alkanes of at least 4 members (excludes halogenated alkanes) is 2. The molecule has 8 heteroatoms. The fourth-order valence-corrected chi connectivity index (χ4v) is 5.05. The van der Waals surface area contributed by atoms with E-state index in [1.807, 2.05) is 6.92 Å². The Morgan fingerprint density at radius 1 is 1.22 bits per heavy atom. The molecule has 3 amide bonds. The first kappa shape index (κ1) is 24.3. The average Bonchev–Trinajstić information content (AvgIpc) is 3.14. The van der Waals surface area contributed by atoms with Gasteiger partial charge >= 0.3 is 0 Å². The number of amidine groups is 1. The Morgan fingerprint density at radius 2 is 2.00 bits per heavy atom. The molecule has 0 saturated carbocycles. The summed E-state index contributed by atoms with van der Waals surface area (Å²) in [6.45, 7) is 6.01. The Morgan fingerprint density at radius 3 is 2.75 bits per heavy atom. The first-order valence-electron chi connectivity index (χ1n) is 11.7. The van der Waals surface area contributed by atoms with Crippen molar-refractivity contribution in [2.45, 2.75) is 76.5 Å². The maximum atomic E-state index is 12.6. The third kappa shape index (κ3) is 7.08. The lowest BCUT2D eigenvalue weighted by molar-refractivity contribution is -0.121. The number of piperidine rings is 1. The second-order valence-electron chi connectivity index (χ2n) is 8.59. The molecule has 0 spiro atoms. The van der Waals surface area contributed by atoms with Crippen LogP contribution in [0.4, 0.5) is 5.69 Å². The van der Waals surface area contributed by atoms with Crippen molar-refractivity contribution in [2.75, 3.05) is 18.4 Å². The molecule has 0 bridgehead atoms. The zero-order chi connectivity index (χ0) is 22.9. The van der Waals surface area contributed by atoms with Crippen LogP contribution in [0.3, 0.4) is 0 Å². The van der Waals surface area contributed by atoms with Crippen molar-refractivity contribution in [1.29, 1.82) is 0 Å². The summed E-state index contributed by atoms with van der Waals surface area (Å²) in [5.41, 5.74) is 1.06. The molecule has 2 aliphatic rings. The van der Waals surface area contributed by atoms with Crippen LogP contribution < -0.4 is 10.6 Å². The fraction of sp³-hybridized carbons (Fsp3) is 0.583. The summed E-state index contributed by atoms with van der Waals surface area (Å²) in [7, 11) is 0. The smallest absolute Gasteiger partial charge is 0.262 e. The van der Waals surface area contributed by atoms with Crippen LogP contribution >= 0.6 is 11.8 Å². The summed E-state index contributed by atoms with van der Waals surface area (Å²) < 4.78 is 0. The molecule has 2 atom stereocenters. The van der Waals surface area contributed by atoms with Crippen molar-refractivity contribution in [3.63, 3.8) is 0 Å². The Labute approximate surface area is 194 Å². The molecule has 1 aromatic carbocycles. The maximum absolute atomic E-state index is 12.6. The Balaban J connectivity index is 1.49. The first-order valence-corrected chi connectivity index (χ1v) is 12.6. The van der Waals surface area contributed by atoms with E-state index in [1.54, 1.807) is 24.3 Å². The summed E-state index contributed by atoms with van der Waals surface area (Å²) in [6.07, 6.45) is 7.85. The molecule has 0 aliphatic carbocycles. The lowest BCUT2D eigenvalue weighted by atomic mass is 10.1. The monoisotopic (exact) mass is 458 g/mol. The highest BCUT2D eigenvalue weighted by atomic mass is 32.2. The lowest BCUT2D eigenvalue weighted by Crippen LogP contribution is -2.33. The molecule has 32 heavy (non-hydrogen) atoms. The number of amides is 3. The fourth-order valence-electron chi connectivity index (χ4n) is 3.93. The van der Waals surface area contributed by atoms with Gasteiger partial charge in [0, 0.05) is 36.8 Å². The number of anilines is 1. The van der Waals surface area contributed by atoms with E-state index in [0.29, 0.717) is 11.3 Å². The minimum absolute atomic E-state index is 0.0647. The van der Waals surface area contributed by atoms with Gasteiger partial charge in [0.1, 0.15) is 5.25 Å². The van der Waals surface area contributed by atoms with E-state index in [4.69, 9.17) is 0 Å². The van der Waals surface area contributed by atoms with E-state index in [-0.39, 0.29) is 30.2 Å². The van der Waals surface area contributed by atoms with Crippen LogP contribution in [0.1, 0.15) is 75.6 Å². The van der Waals surface area contributed by atoms with Gasteiger partial charge in [0.15, 0.2) is 5.17 Å². The Bertz CT molecular complexity index is 851. The predicted octanol–water partition coefficient (Wildman–Crippen LogP) is 4.20. The molecule has 2 heterocycles. The molecule has 2 aliphatic heterocycles. The molecular weight excluding hydrogens is 424 g/mol. The highest BCUT2D eigenvalue weighted by molar-refractivity contribution is 8.15. The molecule has 7 nitrogen and oxygen atoms in total. The van der Waals surface area contributed by atoms with Crippen molar-refractivity contribution in [3.8, 4) is 0 Å². The molecule has 3 rings (SSSR count). The second kappa shape index (κ2) is 12.0. The molecule has 1 saturated heterocycles. The molecule has 2 unspecified atom stereocenters. The molecule has 0 aromatic heterocycles. The molecule has 0 radical (unpaired) electrons. The van der Waals surface area contributed by atoms with E-state index in [2.05, 4.69) is 27.4 Å². The van der Waals surface area contributed by atoms with Crippen LogP contribution in [0, 0.1) is 0 Å². The third-order valence-electron chi connectivity index (χ3n) is 5.75. The molecular formula is C24H34N4O3S. The van der Waals surface area contributed by atoms with Gasteiger partial charge in [-0.15, -0.1) is 0 Å². The van der Waals surface area contributed by atoms with Crippen LogP contribution in [0.2, 0.25) is 0 Å². The van der Waals surface area contributed by atoms with E-state index in [9.17, 15) is 14.4 Å². The standard InChI is InChI=1S/C24H34N4O3S/c1-3-4-6-10-17(2)25-22(30)18-11-9-12-19(15-18)26-21(29)16-20-23(31)27-24(32-20)28-13-7-5-8-14-28/h9,11-12,15,17,20H,3-8,10,13-14,16H2,1-2H3,(H,25,30)(H,26,29). The van der Waals surface area contributed by atoms with Crippen molar-refractivity contribution >= 4 is 40.3 Å². The van der Waals surface area contributed by atoms with Gasteiger partial charge in [-0.3, -0.25) is 14.4 Å². The summed E-state index contributed by atoms with van der Waals surface area (Å²) in [4.78, 5) is 43.7. The van der Waals surface area contributed by atoms with Crippen molar-refractivity contribution in [3.05, 3.63) is 29.8 Å². The van der Waals surface area contributed by atoms with Gasteiger partial charge in [0.05, 0.1) is 0 Å². The number of nitrogens with one attached hydrogen (secondary N) is 2. The van der Waals surface area contributed by atoms with Crippen molar-refractivity contribution in [2.24, 2.45) is 4.99 Å². The summed E-state index contributed by atoms with van der Waals surface area (Å²) in [5, 5.41) is 6.11. The highest BCUT2D eigenvalue weighted by Gasteiger charge is 2.33. The number of nitrogens with zero attached hydrogens (tertiary/aromatic N) is 2. The largest absolute Gasteiger partial charge is 0.351 e. The zero-order valence-corrected chi connectivity index (χ0v) is 19.9. The predicted molar refractivity (Wildman–Crippen MR) is 130 cm³/mol. The van der Waals surface area contributed by atoms with Crippen molar-refractivity contribution < 1.29 is 14.4 Å². The molecule has 1 fully saturated rings. The van der Waals surface area contributed by atoms with E-state index in [1.165, 1.54) is 18.2 Å². The van der Waals surface area contributed by atoms with Gasteiger partial charge in [-0.05, 0) is 50.8 Å². The van der Waals surface area contributed by atoms with Gasteiger partial charge in [0.25, 0.3) is 11.8 Å². The number of hydrogen-bond donors (Lipinski definition) is 2. The van der Waals surface area contributed by atoms with Crippen LogP contribution in [0.5, 0.6) is 0 Å². The molecule has 1 aromatic rings. The molecule has 2 N–H and O–H groups in total. The van der Waals surface area contributed by atoms with Gasteiger partial charge in [-0.25, -0.2) is 0 Å². The van der Waals surface area contributed by atoms with E-state index >= 15 is 0 Å². The maximum Gasteiger partial charge on any atom is 0.262 e. The number of carbonyl (C=O) groups is 3. The van der Waals surface area contributed by atoms with E-state index in [0.717, 1.165) is 56.8 Å². The Kier molecular flexibility index (Phi) is 9.14. The second-order valence-corrected chi connectivity index (χ2v) is 9.76. The van der Waals surface area contributed by atoms with Gasteiger partial charge in [0.2, 0.25) is 5.91 Å². The number of rotatable bonds is 9. The summed E-state index contributed by atoms with van der Waals surface area (Å²) in [5.74, 6) is -0.640. The van der Waals surface area contributed by atoms with Crippen LogP contribution in [0.15, 0.2) is 29.3 Å². The number of benzene rings is 1. The Hall–Kier alpha value is -2.35. The number of likely N-dealkylation sites (tertiary alicyclic amines) is 1. The minimum atomic E-state index is -0.484. The highest BCUT2D eigenvalue weighted by Crippen LogP contribution is 2.29. The van der Waals surface area contributed by atoms with Crippen LogP contribution in [0.25, 0.3) is 0 Å².